The van der Waals surface area contributed by atoms with Crippen LogP contribution >= 0.6 is 0 Å². The van der Waals surface area contributed by atoms with E-state index in [9.17, 15) is 19.8 Å². The van der Waals surface area contributed by atoms with Gasteiger partial charge < -0.3 is 20.4 Å². The normalized spacial score (nSPS) is 27.0. The molecule has 124 valence electrons. The van der Waals surface area contributed by atoms with Gasteiger partial charge in [0.05, 0.1) is 5.41 Å². The Balaban J connectivity index is 3.21. The van der Waals surface area contributed by atoms with Gasteiger partial charge in [-0.1, -0.05) is 44.3 Å². The average molecular weight is 312 g/mol. The van der Waals surface area contributed by atoms with Gasteiger partial charge in [-0.15, -0.1) is 0 Å². The van der Waals surface area contributed by atoms with Crippen molar-refractivity contribution in [1.82, 2.24) is 0 Å². The van der Waals surface area contributed by atoms with Crippen molar-refractivity contribution in [1.29, 1.82) is 0 Å². The van der Waals surface area contributed by atoms with Gasteiger partial charge in [-0.05, 0) is 12.8 Å². The molecule has 1 saturated carbocycles. The number of aliphatic hydroxyl groups is 2. The Morgan fingerprint density at radius 2 is 1.14 bits per heavy atom. The number of hydrogen-bond acceptors (Lipinski definition) is 4. The quantitative estimate of drug-likeness (QED) is 0.466. The molecule has 0 amide bonds. The van der Waals surface area contributed by atoms with Gasteiger partial charge in [0, 0.05) is 18.6 Å². The third-order valence-corrected chi connectivity index (χ3v) is 4.16. The summed E-state index contributed by atoms with van der Waals surface area (Å²) in [5.74, 6) is -4.60. The molecular formula is C16H24O6. The minimum absolute atomic E-state index is 0.0704. The molecule has 0 aliphatic heterocycles. The Morgan fingerprint density at radius 3 is 1.59 bits per heavy atom. The number of aliphatic carboxylic acids is 2. The Morgan fingerprint density at radius 1 is 0.727 bits per heavy atom. The molecule has 0 bridgehead atoms. The summed E-state index contributed by atoms with van der Waals surface area (Å²) in [5, 5.41) is 38.7. The first-order valence-corrected chi connectivity index (χ1v) is 7.58. The van der Waals surface area contributed by atoms with E-state index in [1.807, 2.05) is 0 Å². The molecule has 1 rings (SSSR count). The summed E-state index contributed by atoms with van der Waals surface area (Å²) in [6.07, 6.45) is 9.53. The van der Waals surface area contributed by atoms with Crippen molar-refractivity contribution in [3.63, 3.8) is 0 Å². The molecule has 0 aromatic carbocycles. The largest absolute Gasteiger partial charge is 0.478 e. The van der Waals surface area contributed by atoms with Crippen molar-refractivity contribution < 1.29 is 30.0 Å². The maximum atomic E-state index is 10.8. The monoisotopic (exact) mass is 312 g/mol. The molecule has 6 nitrogen and oxygen atoms in total. The summed E-state index contributed by atoms with van der Waals surface area (Å²) in [7, 11) is 0. The molecular weight excluding hydrogens is 288 g/mol. The van der Waals surface area contributed by atoms with Crippen molar-refractivity contribution >= 4 is 11.9 Å². The fourth-order valence-corrected chi connectivity index (χ4v) is 2.86. The molecule has 1 aliphatic rings. The van der Waals surface area contributed by atoms with E-state index in [1.165, 1.54) is 12.2 Å². The fraction of sp³-hybridized carbons (Fsp3) is 0.625. The van der Waals surface area contributed by atoms with Crippen LogP contribution in [0.3, 0.4) is 0 Å². The zero-order chi connectivity index (χ0) is 16.6. The maximum absolute atomic E-state index is 10.8. The first-order valence-electron chi connectivity index (χ1n) is 7.58. The third kappa shape index (κ3) is 5.27. The van der Waals surface area contributed by atoms with Gasteiger partial charge in [0.1, 0.15) is 0 Å². The maximum Gasteiger partial charge on any atom is 0.328 e. The lowest BCUT2D eigenvalue weighted by atomic mass is 9.71. The van der Waals surface area contributed by atoms with Crippen LogP contribution in [0.4, 0.5) is 0 Å². The molecule has 0 saturated heterocycles. The lowest BCUT2D eigenvalue weighted by Crippen LogP contribution is -2.46. The van der Waals surface area contributed by atoms with Gasteiger partial charge in [0.2, 0.25) is 0 Å². The predicted octanol–water partition coefficient (Wildman–Crippen LogP) is 2.07. The highest BCUT2D eigenvalue weighted by atomic mass is 16.5. The second-order valence-electron chi connectivity index (χ2n) is 5.82. The first-order chi connectivity index (χ1) is 10.3. The summed E-state index contributed by atoms with van der Waals surface area (Å²) < 4.78 is 0. The molecule has 1 fully saturated rings. The standard InChI is InChI=1S/C16H24O6/c17-13(18)7-11-15(12-8-14(19)20)9-5-3-1-2-4-6-10-16(15,21)22/h7-8,11-12,21-22H,1-6,9-10H2,(H,17,18)(H,19,20). The van der Waals surface area contributed by atoms with Crippen molar-refractivity contribution in [2.75, 3.05) is 0 Å². The molecule has 0 aromatic rings. The highest BCUT2D eigenvalue weighted by Crippen LogP contribution is 2.42. The van der Waals surface area contributed by atoms with Gasteiger partial charge >= 0.3 is 11.9 Å². The van der Waals surface area contributed by atoms with Crippen LogP contribution in [-0.4, -0.2) is 38.2 Å². The smallest absolute Gasteiger partial charge is 0.328 e. The zero-order valence-electron chi connectivity index (χ0n) is 12.6. The van der Waals surface area contributed by atoms with Gasteiger partial charge in [-0.3, -0.25) is 0 Å². The summed E-state index contributed by atoms with van der Waals surface area (Å²) in [5.41, 5.74) is -1.42. The van der Waals surface area contributed by atoms with Crippen LogP contribution in [0.2, 0.25) is 0 Å². The molecule has 6 heteroatoms. The highest BCUT2D eigenvalue weighted by Gasteiger charge is 2.45. The molecule has 0 atom stereocenters. The summed E-state index contributed by atoms with van der Waals surface area (Å²) in [6.45, 7) is 0. The highest BCUT2D eigenvalue weighted by molar-refractivity contribution is 5.81. The molecule has 1 aliphatic carbocycles. The topological polar surface area (TPSA) is 115 Å². The van der Waals surface area contributed by atoms with Gasteiger partial charge in [0.25, 0.3) is 0 Å². The van der Waals surface area contributed by atoms with Crippen LogP contribution < -0.4 is 0 Å². The van der Waals surface area contributed by atoms with Gasteiger partial charge in [-0.25, -0.2) is 9.59 Å². The zero-order valence-corrected chi connectivity index (χ0v) is 12.6. The predicted molar refractivity (Wildman–Crippen MR) is 80.1 cm³/mol. The van der Waals surface area contributed by atoms with Crippen LogP contribution in [0.25, 0.3) is 0 Å². The molecule has 0 radical (unpaired) electrons. The molecule has 0 heterocycles. The minimum atomic E-state index is -2.18. The van der Waals surface area contributed by atoms with Crippen molar-refractivity contribution in [2.45, 2.75) is 57.2 Å². The Kier molecular flexibility index (Phi) is 6.77. The van der Waals surface area contributed by atoms with Crippen molar-refractivity contribution in [2.24, 2.45) is 5.41 Å². The number of rotatable bonds is 4. The Labute approximate surface area is 129 Å². The fourth-order valence-electron chi connectivity index (χ4n) is 2.86. The van der Waals surface area contributed by atoms with E-state index in [0.717, 1.165) is 37.8 Å². The van der Waals surface area contributed by atoms with Crippen LogP contribution in [0.15, 0.2) is 24.3 Å². The minimum Gasteiger partial charge on any atom is -0.478 e. The van der Waals surface area contributed by atoms with E-state index >= 15 is 0 Å². The molecule has 0 unspecified atom stereocenters. The van der Waals surface area contributed by atoms with Crippen LogP contribution in [-0.2, 0) is 9.59 Å². The second-order valence-corrected chi connectivity index (χ2v) is 5.82. The van der Waals surface area contributed by atoms with Crippen LogP contribution in [0.1, 0.15) is 51.4 Å². The summed E-state index contributed by atoms with van der Waals surface area (Å²) in [6, 6.07) is 0. The van der Waals surface area contributed by atoms with Gasteiger partial charge in [-0.2, -0.15) is 0 Å². The third-order valence-electron chi connectivity index (χ3n) is 4.16. The van der Waals surface area contributed by atoms with E-state index in [4.69, 9.17) is 10.2 Å². The Bertz CT molecular complexity index is 426. The van der Waals surface area contributed by atoms with Crippen molar-refractivity contribution in [3.05, 3.63) is 24.3 Å². The molecule has 22 heavy (non-hydrogen) atoms. The Hall–Kier alpha value is -1.66. The first kappa shape index (κ1) is 18.4. The SMILES string of the molecule is O=C(O)C=CC1(C=CC(=O)O)CCCCCCCCC1(O)O. The van der Waals surface area contributed by atoms with E-state index < -0.39 is 23.1 Å². The number of hydrogen-bond donors (Lipinski definition) is 4. The molecule has 0 aromatic heterocycles. The summed E-state index contributed by atoms with van der Waals surface area (Å²) >= 11 is 0. The number of carboxylic acids is 2. The molecule has 4 N–H and O–H groups in total. The van der Waals surface area contributed by atoms with Crippen LogP contribution in [0, 0.1) is 5.41 Å². The molecule has 0 spiro atoms. The number of carboxylic acid groups (broad SMARTS) is 2. The van der Waals surface area contributed by atoms with Crippen molar-refractivity contribution in [3.8, 4) is 0 Å². The number of carbonyl (C=O) groups is 2. The average Bonchev–Trinajstić information content (AvgIpc) is 2.43. The lowest BCUT2D eigenvalue weighted by molar-refractivity contribution is -0.221. The summed E-state index contributed by atoms with van der Waals surface area (Å²) in [4.78, 5) is 21.6. The lowest BCUT2D eigenvalue weighted by Gasteiger charge is -2.40. The second kappa shape index (κ2) is 8.10. The van der Waals surface area contributed by atoms with Crippen LogP contribution in [0.5, 0.6) is 0 Å². The van der Waals surface area contributed by atoms with E-state index in [1.54, 1.807) is 0 Å². The van der Waals surface area contributed by atoms with E-state index in [2.05, 4.69) is 0 Å². The van der Waals surface area contributed by atoms with E-state index in [0.29, 0.717) is 12.8 Å². The van der Waals surface area contributed by atoms with E-state index in [-0.39, 0.29) is 12.8 Å². The van der Waals surface area contributed by atoms with Gasteiger partial charge in [0.15, 0.2) is 5.79 Å².